The molecule has 1 aromatic carbocycles. The van der Waals surface area contributed by atoms with Crippen molar-refractivity contribution in [3.05, 3.63) is 33.8 Å². The molecule has 2 rings (SSSR count). The highest BCUT2D eigenvalue weighted by Gasteiger charge is 2.17. The van der Waals surface area contributed by atoms with Crippen molar-refractivity contribution in [2.75, 3.05) is 13.1 Å². The lowest BCUT2D eigenvalue weighted by atomic mass is 10.2. The Hall–Kier alpha value is -0.310. The smallest absolute Gasteiger partial charge is 0.110 e. The molecule has 80 valence electrons. The van der Waals surface area contributed by atoms with Crippen molar-refractivity contribution in [3.8, 4) is 0 Å². The Balaban J connectivity index is 2.24. The first-order valence-electron chi connectivity index (χ1n) is 4.93. The van der Waals surface area contributed by atoms with E-state index in [-0.39, 0.29) is 0 Å². The van der Waals surface area contributed by atoms with E-state index in [1.54, 1.807) is 6.07 Å². The van der Waals surface area contributed by atoms with Crippen LogP contribution in [0.2, 0.25) is 10.0 Å². The number of thiocarbonyl (C=S) groups is 1. The topological polar surface area (TPSA) is 3.24 Å². The molecule has 1 heterocycles. The van der Waals surface area contributed by atoms with Crippen molar-refractivity contribution >= 4 is 40.4 Å². The van der Waals surface area contributed by atoms with Gasteiger partial charge in [0.2, 0.25) is 0 Å². The zero-order valence-electron chi connectivity index (χ0n) is 8.17. The Labute approximate surface area is 105 Å². The average Bonchev–Trinajstić information content (AvgIpc) is 2.69. The van der Waals surface area contributed by atoms with Gasteiger partial charge in [0, 0.05) is 23.7 Å². The van der Waals surface area contributed by atoms with Crippen LogP contribution >= 0.6 is 35.4 Å². The Kier molecular flexibility index (Phi) is 3.49. The maximum Gasteiger partial charge on any atom is 0.110 e. The highest BCUT2D eigenvalue weighted by Crippen LogP contribution is 2.24. The molecule has 1 aliphatic heterocycles. The SMILES string of the molecule is S=C(c1ccc(Cl)cc1Cl)N1CCCC1. The molecule has 0 radical (unpaired) electrons. The second-order valence-corrected chi connectivity index (χ2v) is 4.85. The molecule has 0 amide bonds. The van der Waals surface area contributed by atoms with Gasteiger partial charge >= 0.3 is 0 Å². The Morgan fingerprint density at radius 3 is 2.47 bits per heavy atom. The number of likely N-dealkylation sites (tertiary alicyclic amines) is 1. The molecule has 1 fully saturated rings. The highest BCUT2D eigenvalue weighted by atomic mass is 35.5. The van der Waals surface area contributed by atoms with Crippen molar-refractivity contribution in [3.63, 3.8) is 0 Å². The van der Waals surface area contributed by atoms with E-state index in [0.717, 1.165) is 23.6 Å². The molecule has 15 heavy (non-hydrogen) atoms. The van der Waals surface area contributed by atoms with Crippen LogP contribution in [0.1, 0.15) is 18.4 Å². The molecule has 0 aromatic heterocycles. The van der Waals surface area contributed by atoms with Crippen molar-refractivity contribution < 1.29 is 0 Å². The fraction of sp³-hybridized carbons (Fsp3) is 0.364. The van der Waals surface area contributed by atoms with Gasteiger partial charge < -0.3 is 4.90 Å². The molecule has 1 aromatic rings. The molecule has 4 heteroatoms. The molecule has 0 bridgehead atoms. The molecule has 0 unspecified atom stereocenters. The zero-order chi connectivity index (χ0) is 10.8. The maximum atomic E-state index is 6.10. The van der Waals surface area contributed by atoms with E-state index < -0.39 is 0 Å². The van der Waals surface area contributed by atoms with Crippen molar-refractivity contribution in [1.29, 1.82) is 0 Å². The van der Waals surface area contributed by atoms with E-state index in [4.69, 9.17) is 35.4 Å². The van der Waals surface area contributed by atoms with Gasteiger partial charge in [-0.25, -0.2) is 0 Å². The monoisotopic (exact) mass is 259 g/mol. The zero-order valence-corrected chi connectivity index (χ0v) is 10.5. The minimum atomic E-state index is 0.638. The lowest BCUT2D eigenvalue weighted by Gasteiger charge is -2.19. The number of hydrogen-bond acceptors (Lipinski definition) is 1. The van der Waals surface area contributed by atoms with Crippen LogP contribution in [0.3, 0.4) is 0 Å². The minimum absolute atomic E-state index is 0.638. The third kappa shape index (κ3) is 2.44. The van der Waals surface area contributed by atoms with Gasteiger partial charge in [-0.3, -0.25) is 0 Å². The fourth-order valence-electron chi connectivity index (χ4n) is 1.75. The van der Waals surface area contributed by atoms with Crippen LogP contribution in [-0.2, 0) is 0 Å². The number of nitrogens with zero attached hydrogens (tertiary/aromatic N) is 1. The van der Waals surface area contributed by atoms with E-state index in [9.17, 15) is 0 Å². The predicted octanol–water partition coefficient (Wildman–Crippen LogP) is 3.76. The van der Waals surface area contributed by atoms with Gasteiger partial charge in [0.05, 0.1) is 5.02 Å². The third-order valence-electron chi connectivity index (χ3n) is 2.55. The van der Waals surface area contributed by atoms with E-state index in [1.165, 1.54) is 12.8 Å². The van der Waals surface area contributed by atoms with E-state index in [1.807, 2.05) is 12.1 Å². The molecule has 1 saturated heterocycles. The number of rotatable bonds is 1. The van der Waals surface area contributed by atoms with Crippen LogP contribution in [0.15, 0.2) is 18.2 Å². The summed E-state index contributed by atoms with van der Waals surface area (Å²) < 4.78 is 0. The largest absolute Gasteiger partial charge is 0.362 e. The van der Waals surface area contributed by atoms with Crippen molar-refractivity contribution in [1.82, 2.24) is 4.90 Å². The Morgan fingerprint density at radius 2 is 1.87 bits per heavy atom. The van der Waals surface area contributed by atoms with Gasteiger partial charge in [0.1, 0.15) is 4.99 Å². The molecule has 0 aliphatic carbocycles. The normalized spacial score (nSPS) is 15.7. The molecular formula is C11H11Cl2NS. The number of benzene rings is 1. The molecule has 1 nitrogen and oxygen atoms in total. The summed E-state index contributed by atoms with van der Waals surface area (Å²) in [6.45, 7) is 2.08. The van der Waals surface area contributed by atoms with Gasteiger partial charge in [-0.1, -0.05) is 35.4 Å². The molecular weight excluding hydrogens is 249 g/mol. The lowest BCUT2D eigenvalue weighted by Crippen LogP contribution is -2.26. The van der Waals surface area contributed by atoms with Crippen LogP contribution in [0.25, 0.3) is 0 Å². The quantitative estimate of drug-likeness (QED) is 0.707. The van der Waals surface area contributed by atoms with Gasteiger partial charge in [-0.2, -0.15) is 0 Å². The summed E-state index contributed by atoms with van der Waals surface area (Å²) in [5, 5.41) is 1.28. The van der Waals surface area contributed by atoms with Crippen LogP contribution in [-0.4, -0.2) is 23.0 Å². The fourth-order valence-corrected chi connectivity index (χ4v) is 2.67. The van der Waals surface area contributed by atoms with Gasteiger partial charge in [0.25, 0.3) is 0 Å². The Morgan fingerprint density at radius 1 is 1.20 bits per heavy atom. The predicted molar refractivity (Wildman–Crippen MR) is 69.0 cm³/mol. The van der Waals surface area contributed by atoms with Gasteiger partial charge in [-0.15, -0.1) is 0 Å². The molecule has 0 N–H and O–H groups in total. The van der Waals surface area contributed by atoms with Gasteiger partial charge in [0.15, 0.2) is 0 Å². The summed E-state index contributed by atoms with van der Waals surface area (Å²) in [6.07, 6.45) is 2.43. The first kappa shape index (κ1) is 11.2. The van der Waals surface area contributed by atoms with Crippen molar-refractivity contribution in [2.24, 2.45) is 0 Å². The summed E-state index contributed by atoms with van der Waals surface area (Å²) in [5.41, 5.74) is 0.915. The summed E-state index contributed by atoms with van der Waals surface area (Å²) >= 11 is 17.4. The van der Waals surface area contributed by atoms with E-state index >= 15 is 0 Å². The molecule has 1 aliphatic rings. The lowest BCUT2D eigenvalue weighted by molar-refractivity contribution is 0.530. The number of hydrogen-bond donors (Lipinski definition) is 0. The summed E-state index contributed by atoms with van der Waals surface area (Å²) in [4.78, 5) is 3.04. The highest BCUT2D eigenvalue weighted by molar-refractivity contribution is 7.80. The molecule has 0 atom stereocenters. The van der Waals surface area contributed by atoms with Crippen molar-refractivity contribution in [2.45, 2.75) is 12.8 Å². The minimum Gasteiger partial charge on any atom is -0.362 e. The summed E-state index contributed by atoms with van der Waals surface area (Å²) in [7, 11) is 0. The standard InChI is InChI=1S/C11H11Cl2NS/c12-8-3-4-9(10(13)7-8)11(15)14-5-1-2-6-14/h3-4,7H,1-2,5-6H2. The van der Waals surface area contributed by atoms with Crippen LogP contribution < -0.4 is 0 Å². The average molecular weight is 260 g/mol. The molecule has 0 spiro atoms. The maximum absolute atomic E-state index is 6.10. The third-order valence-corrected chi connectivity index (χ3v) is 3.58. The Bertz CT molecular complexity index is 386. The second kappa shape index (κ2) is 4.69. The first-order valence-corrected chi connectivity index (χ1v) is 6.09. The van der Waals surface area contributed by atoms with Crippen LogP contribution in [0, 0.1) is 0 Å². The van der Waals surface area contributed by atoms with Crippen LogP contribution in [0.4, 0.5) is 0 Å². The summed E-state index contributed by atoms with van der Waals surface area (Å²) in [6, 6.07) is 5.46. The molecule has 0 saturated carbocycles. The summed E-state index contributed by atoms with van der Waals surface area (Å²) in [5.74, 6) is 0. The second-order valence-electron chi connectivity index (χ2n) is 3.62. The first-order chi connectivity index (χ1) is 7.18. The van der Waals surface area contributed by atoms with Crippen LogP contribution in [0.5, 0.6) is 0 Å². The van der Waals surface area contributed by atoms with E-state index in [2.05, 4.69) is 4.90 Å². The van der Waals surface area contributed by atoms with Gasteiger partial charge in [-0.05, 0) is 31.0 Å². The van der Waals surface area contributed by atoms with E-state index in [0.29, 0.717) is 10.0 Å². The number of halogens is 2.